The van der Waals surface area contributed by atoms with Crippen molar-refractivity contribution in [2.45, 2.75) is 66.6 Å². The second-order valence-corrected chi connectivity index (χ2v) is 11.5. The molecule has 0 saturated heterocycles. The molecule has 0 N–H and O–H groups in total. The molecule has 0 aliphatic rings. The second kappa shape index (κ2) is 11.1. The Morgan fingerprint density at radius 1 is 1.00 bits per heavy atom. The highest BCUT2D eigenvalue weighted by Crippen LogP contribution is 2.41. The van der Waals surface area contributed by atoms with E-state index in [0.717, 1.165) is 38.6 Å². The van der Waals surface area contributed by atoms with Crippen molar-refractivity contribution in [1.29, 1.82) is 0 Å². The van der Waals surface area contributed by atoms with E-state index in [-0.39, 0.29) is 18.2 Å². The fourth-order valence-corrected chi connectivity index (χ4v) is 4.44. The standard InChI is InChI=1S/C32H35ClO4/c1-20-17-24-10-9-22(15-16-32(6,7)19-27(35)36-8)18-26(24)29(23-11-13-25(33)14-12-23)28(20)30(21(2)34)37-31(3,4)5/h9-14,17-18,30H,19H2,1-8H3. The molecule has 0 spiro atoms. The molecular weight excluding hydrogens is 484 g/mol. The first kappa shape index (κ1) is 28.4. The fraction of sp³-hybridized carbons (Fsp3) is 0.375. The van der Waals surface area contributed by atoms with Crippen molar-refractivity contribution in [2.24, 2.45) is 5.41 Å². The van der Waals surface area contributed by atoms with Crippen LogP contribution in [0.1, 0.15) is 70.8 Å². The molecule has 0 saturated carbocycles. The lowest BCUT2D eigenvalue weighted by Gasteiger charge is -2.29. The Balaban J connectivity index is 2.30. The highest BCUT2D eigenvalue weighted by atomic mass is 35.5. The number of ketones is 1. The van der Waals surface area contributed by atoms with Gasteiger partial charge in [0.15, 0.2) is 5.78 Å². The van der Waals surface area contributed by atoms with Gasteiger partial charge in [0.1, 0.15) is 6.10 Å². The van der Waals surface area contributed by atoms with Crippen LogP contribution in [0.3, 0.4) is 0 Å². The number of aryl methyl sites for hydroxylation is 1. The van der Waals surface area contributed by atoms with Crippen LogP contribution in [0.2, 0.25) is 5.02 Å². The van der Waals surface area contributed by atoms with Crippen LogP contribution in [-0.4, -0.2) is 24.5 Å². The van der Waals surface area contributed by atoms with E-state index >= 15 is 0 Å². The van der Waals surface area contributed by atoms with Gasteiger partial charge in [0.25, 0.3) is 0 Å². The van der Waals surface area contributed by atoms with Gasteiger partial charge >= 0.3 is 5.97 Å². The molecule has 4 nitrogen and oxygen atoms in total. The van der Waals surface area contributed by atoms with Crippen LogP contribution in [0.15, 0.2) is 48.5 Å². The Kier molecular flexibility index (Phi) is 8.52. The van der Waals surface area contributed by atoms with Gasteiger partial charge in [-0.05, 0) is 106 Å². The predicted octanol–water partition coefficient (Wildman–Crippen LogP) is 7.85. The van der Waals surface area contributed by atoms with Gasteiger partial charge in [-0.1, -0.05) is 47.7 Å². The third-order valence-electron chi connectivity index (χ3n) is 5.98. The van der Waals surface area contributed by atoms with Gasteiger partial charge in [-0.3, -0.25) is 9.59 Å². The lowest BCUT2D eigenvalue weighted by molar-refractivity contribution is -0.142. The Morgan fingerprint density at radius 3 is 2.22 bits per heavy atom. The summed E-state index contributed by atoms with van der Waals surface area (Å²) in [4.78, 5) is 24.7. The number of carbonyl (C=O) groups is 2. The van der Waals surface area contributed by atoms with E-state index in [1.165, 1.54) is 7.11 Å². The predicted molar refractivity (Wildman–Crippen MR) is 151 cm³/mol. The average molecular weight is 519 g/mol. The summed E-state index contributed by atoms with van der Waals surface area (Å²) in [5.74, 6) is 6.11. The van der Waals surface area contributed by atoms with Gasteiger partial charge in [0.2, 0.25) is 0 Å². The normalized spacial score (nSPS) is 12.6. The van der Waals surface area contributed by atoms with Crippen LogP contribution in [0.4, 0.5) is 0 Å². The number of benzene rings is 3. The van der Waals surface area contributed by atoms with Crippen molar-refractivity contribution in [3.8, 4) is 23.0 Å². The summed E-state index contributed by atoms with van der Waals surface area (Å²) in [5, 5.41) is 2.63. The Bertz CT molecular complexity index is 1380. The zero-order valence-electron chi connectivity index (χ0n) is 22.9. The van der Waals surface area contributed by atoms with E-state index < -0.39 is 17.1 Å². The minimum Gasteiger partial charge on any atom is -0.469 e. The average Bonchev–Trinajstić information content (AvgIpc) is 2.80. The first-order valence-electron chi connectivity index (χ1n) is 12.3. The molecule has 1 unspecified atom stereocenters. The summed E-state index contributed by atoms with van der Waals surface area (Å²) < 4.78 is 11.1. The van der Waals surface area contributed by atoms with Crippen molar-refractivity contribution in [3.05, 3.63) is 70.2 Å². The van der Waals surface area contributed by atoms with Gasteiger partial charge in [-0.2, -0.15) is 0 Å². The quantitative estimate of drug-likeness (QED) is 0.246. The summed E-state index contributed by atoms with van der Waals surface area (Å²) in [7, 11) is 1.38. The van der Waals surface area contributed by atoms with Crippen molar-refractivity contribution >= 4 is 34.1 Å². The van der Waals surface area contributed by atoms with Crippen molar-refractivity contribution < 1.29 is 19.1 Å². The Labute approximate surface area is 225 Å². The topological polar surface area (TPSA) is 52.6 Å². The van der Waals surface area contributed by atoms with E-state index in [0.29, 0.717) is 5.02 Å². The molecule has 0 aliphatic heterocycles. The summed E-state index contributed by atoms with van der Waals surface area (Å²) in [6.07, 6.45) is -0.530. The minimum atomic E-state index is -0.733. The highest BCUT2D eigenvalue weighted by Gasteiger charge is 2.29. The first-order chi connectivity index (χ1) is 17.2. The van der Waals surface area contributed by atoms with Gasteiger partial charge in [0.05, 0.1) is 19.1 Å². The van der Waals surface area contributed by atoms with Crippen LogP contribution < -0.4 is 0 Å². The number of rotatable bonds is 6. The van der Waals surface area contributed by atoms with E-state index in [4.69, 9.17) is 21.1 Å². The SMILES string of the molecule is COC(=O)CC(C)(C)C#Cc1ccc2cc(C)c(C(OC(C)(C)C)C(C)=O)c(-c3ccc(Cl)cc3)c2c1. The molecule has 5 heteroatoms. The second-order valence-electron chi connectivity index (χ2n) is 11.0. The maximum Gasteiger partial charge on any atom is 0.307 e. The molecule has 3 aromatic rings. The molecule has 0 aromatic heterocycles. The van der Waals surface area contributed by atoms with Crippen molar-refractivity contribution in [1.82, 2.24) is 0 Å². The molecule has 37 heavy (non-hydrogen) atoms. The van der Waals surface area contributed by atoms with E-state index in [2.05, 4.69) is 17.9 Å². The molecule has 0 amide bonds. The van der Waals surface area contributed by atoms with E-state index in [1.807, 2.05) is 84.0 Å². The number of esters is 1. The van der Waals surface area contributed by atoms with Crippen molar-refractivity contribution in [2.75, 3.05) is 7.11 Å². The largest absolute Gasteiger partial charge is 0.469 e. The smallest absolute Gasteiger partial charge is 0.307 e. The monoisotopic (exact) mass is 518 g/mol. The summed E-state index contributed by atoms with van der Waals surface area (Å²) in [6, 6.07) is 15.8. The van der Waals surface area contributed by atoms with Crippen LogP contribution in [0, 0.1) is 24.2 Å². The molecule has 3 aromatic carbocycles. The number of Topliss-reactive ketones (excluding diaryl/α,β-unsaturated/α-hetero) is 1. The number of halogens is 1. The zero-order valence-corrected chi connectivity index (χ0v) is 23.7. The molecule has 3 rings (SSSR count). The van der Waals surface area contributed by atoms with Crippen LogP contribution in [0.5, 0.6) is 0 Å². The molecule has 0 bridgehead atoms. The molecule has 0 fully saturated rings. The maximum absolute atomic E-state index is 12.9. The Morgan fingerprint density at radius 2 is 1.65 bits per heavy atom. The summed E-state index contributed by atoms with van der Waals surface area (Å²) >= 11 is 6.21. The number of carbonyl (C=O) groups excluding carboxylic acids is 2. The van der Waals surface area contributed by atoms with Gasteiger partial charge in [-0.15, -0.1) is 0 Å². The highest BCUT2D eigenvalue weighted by molar-refractivity contribution is 6.30. The van der Waals surface area contributed by atoms with E-state index in [9.17, 15) is 9.59 Å². The molecule has 194 valence electrons. The fourth-order valence-electron chi connectivity index (χ4n) is 4.31. The number of methoxy groups -OCH3 is 1. The zero-order chi connectivity index (χ0) is 27.5. The molecular formula is C32H35ClO4. The maximum atomic E-state index is 12.9. The summed E-state index contributed by atoms with van der Waals surface area (Å²) in [5.41, 5.74) is 3.43. The number of hydrogen-bond acceptors (Lipinski definition) is 4. The Hall–Kier alpha value is -3.13. The summed E-state index contributed by atoms with van der Waals surface area (Å²) in [6.45, 7) is 13.3. The number of hydrogen-bond donors (Lipinski definition) is 0. The lowest BCUT2D eigenvalue weighted by Crippen LogP contribution is -2.27. The van der Waals surface area contributed by atoms with Crippen molar-refractivity contribution in [3.63, 3.8) is 0 Å². The first-order valence-corrected chi connectivity index (χ1v) is 12.7. The third-order valence-corrected chi connectivity index (χ3v) is 6.24. The van der Waals surface area contributed by atoms with Gasteiger partial charge in [0, 0.05) is 16.0 Å². The molecule has 1 atom stereocenters. The number of ether oxygens (including phenoxy) is 2. The molecule has 0 aliphatic carbocycles. The van der Waals surface area contributed by atoms with Gasteiger partial charge < -0.3 is 9.47 Å². The molecule has 0 radical (unpaired) electrons. The van der Waals surface area contributed by atoms with Crippen LogP contribution in [0.25, 0.3) is 21.9 Å². The van der Waals surface area contributed by atoms with Crippen LogP contribution in [-0.2, 0) is 19.1 Å². The third kappa shape index (κ3) is 7.22. The number of fused-ring (bicyclic) bond motifs is 1. The molecule has 0 heterocycles. The minimum absolute atomic E-state index is 0.0619. The van der Waals surface area contributed by atoms with Gasteiger partial charge in [-0.25, -0.2) is 0 Å². The van der Waals surface area contributed by atoms with Crippen LogP contribution >= 0.6 is 11.6 Å². The lowest BCUT2D eigenvalue weighted by atomic mass is 9.85. The van der Waals surface area contributed by atoms with E-state index in [1.54, 1.807) is 6.92 Å².